The molecule has 27 heavy (non-hydrogen) atoms. The summed E-state index contributed by atoms with van der Waals surface area (Å²) >= 11 is 1.24. The summed E-state index contributed by atoms with van der Waals surface area (Å²) in [5.41, 5.74) is 3.47. The van der Waals surface area contributed by atoms with E-state index < -0.39 is 6.04 Å². The van der Waals surface area contributed by atoms with Crippen LogP contribution in [0.2, 0.25) is 0 Å². The summed E-state index contributed by atoms with van der Waals surface area (Å²) in [7, 11) is 0. The van der Waals surface area contributed by atoms with Gasteiger partial charge in [-0.25, -0.2) is 9.89 Å². The molecule has 0 fully saturated rings. The van der Waals surface area contributed by atoms with Crippen LogP contribution in [0.5, 0.6) is 0 Å². The van der Waals surface area contributed by atoms with Crippen LogP contribution >= 0.6 is 11.8 Å². The molecule has 0 aromatic heterocycles. The summed E-state index contributed by atoms with van der Waals surface area (Å²) in [6.07, 6.45) is 0. The third kappa shape index (κ3) is 3.38. The second kappa shape index (κ2) is 7.00. The lowest BCUT2D eigenvalue weighted by molar-refractivity contribution is -0.124. The number of amidine groups is 2. The van der Waals surface area contributed by atoms with Crippen LogP contribution < -0.4 is 5.32 Å². The van der Waals surface area contributed by atoms with Crippen LogP contribution in [0.4, 0.5) is 11.4 Å². The number of nitrogens with zero attached hydrogens (tertiary/aromatic N) is 3. The molecule has 0 radical (unpaired) electrons. The highest BCUT2D eigenvalue weighted by atomic mass is 32.2. The first-order valence-corrected chi connectivity index (χ1v) is 9.60. The summed E-state index contributed by atoms with van der Waals surface area (Å²) in [5.74, 6) is 0.494. The van der Waals surface area contributed by atoms with Gasteiger partial charge in [0.2, 0.25) is 5.91 Å². The maximum Gasteiger partial charge on any atom is 0.258 e. The van der Waals surface area contributed by atoms with Gasteiger partial charge in [-0.05, 0) is 38.1 Å². The van der Waals surface area contributed by atoms with Gasteiger partial charge >= 0.3 is 0 Å². The average Bonchev–Trinajstić information content (AvgIpc) is 2.97. The molecule has 1 N–H and O–H groups in total. The Balaban J connectivity index is 1.52. The number of nitrogens with one attached hydrogen (secondary N) is 1. The fourth-order valence-corrected chi connectivity index (χ4v) is 3.74. The van der Waals surface area contributed by atoms with E-state index in [9.17, 15) is 9.59 Å². The van der Waals surface area contributed by atoms with Crippen molar-refractivity contribution in [2.24, 2.45) is 9.98 Å². The summed E-state index contributed by atoms with van der Waals surface area (Å²) in [4.78, 5) is 35.4. The molecule has 2 heterocycles. The number of carbonyl (C=O) groups excluding carboxylic acids is 2. The molecule has 7 heteroatoms. The van der Waals surface area contributed by atoms with Gasteiger partial charge in [-0.2, -0.15) is 0 Å². The minimum Gasteiger partial charge on any atom is -0.325 e. The summed E-state index contributed by atoms with van der Waals surface area (Å²) in [6, 6.07) is 14.7. The van der Waals surface area contributed by atoms with Crippen LogP contribution in [-0.4, -0.2) is 39.5 Å². The number of aryl methyl sites for hydroxylation is 1. The Morgan fingerprint density at radius 1 is 1.19 bits per heavy atom. The van der Waals surface area contributed by atoms with Gasteiger partial charge in [0.25, 0.3) is 5.91 Å². The zero-order valence-corrected chi connectivity index (χ0v) is 15.8. The van der Waals surface area contributed by atoms with Gasteiger partial charge in [-0.15, -0.1) is 0 Å². The van der Waals surface area contributed by atoms with E-state index in [1.54, 1.807) is 6.92 Å². The van der Waals surface area contributed by atoms with Crippen LogP contribution in [-0.2, 0) is 9.59 Å². The smallest absolute Gasteiger partial charge is 0.258 e. The molecule has 0 aliphatic carbocycles. The van der Waals surface area contributed by atoms with Gasteiger partial charge in [0.1, 0.15) is 11.9 Å². The van der Waals surface area contributed by atoms with Crippen LogP contribution in [0, 0.1) is 6.92 Å². The van der Waals surface area contributed by atoms with E-state index >= 15 is 0 Å². The molecule has 2 aromatic carbocycles. The van der Waals surface area contributed by atoms with Crippen molar-refractivity contribution in [1.29, 1.82) is 0 Å². The monoisotopic (exact) mass is 378 g/mol. The predicted octanol–water partition coefficient (Wildman–Crippen LogP) is 3.35. The van der Waals surface area contributed by atoms with Crippen LogP contribution in [0.25, 0.3) is 0 Å². The van der Waals surface area contributed by atoms with Crippen LogP contribution in [0.3, 0.4) is 0 Å². The quantitative estimate of drug-likeness (QED) is 0.890. The number of aliphatic imine (C=N–C) groups is 2. The minimum absolute atomic E-state index is 0.121. The molecule has 6 nitrogen and oxygen atoms in total. The van der Waals surface area contributed by atoms with E-state index in [1.165, 1.54) is 16.7 Å². The molecule has 4 rings (SSSR count). The molecule has 136 valence electrons. The van der Waals surface area contributed by atoms with Crippen molar-refractivity contribution < 1.29 is 9.59 Å². The van der Waals surface area contributed by atoms with Gasteiger partial charge in [0, 0.05) is 11.3 Å². The van der Waals surface area contributed by atoms with Gasteiger partial charge < -0.3 is 5.32 Å². The van der Waals surface area contributed by atoms with Gasteiger partial charge in [0.15, 0.2) is 5.17 Å². The van der Waals surface area contributed by atoms with Crippen LogP contribution in [0.1, 0.15) is 18.1 Å². The van der Waals surface area contributed by atoms with Crippen molar-refractivity contribution in [3.63, 3.8) is 0 Å². The molecule has 0 spiro atoms. The van der Waals surface area contributed by atoms with Crippen molar-refractivity contribution in [1.82, 2.24) is 4.90 Å². The normalized spacial score (nSPS) is 17.8. The molecular formula is C20H18N4O2S. The predicted molar refractivity (Wildman–Crippen MR) is 109 cm³/mol. The van der Waals surface area contributed by atoms with Crippen molar-refractivity contribution in [3.8, 4) is 0 Å². The fourth-order valence-electron chi connectivity index (χ4n) is 2.94. The first kappa shape index (κ1) is 17.5. The first-order valence-electron chi connectivity index (χ1n) is 8.62. The molecule has 1 atom stereocenters. The molecule has 0 unspecified atom stereocenters. The zero-order chi connectivity index (χ0) is 19.0. The SMILES string of the molecule is Cc1ccc(NC(=O)CSC2=Nc3ccccc3C3=N[C@@H](C)C(=O)N23)cc1. The highest BCUT2D eigenvalue weighted by Crippen LogP contribution is 2.33. The van der Waals surface area contributed by atoms with Gasteiger partial charge in [-0.1, -0.05) is 41.6 Å². The largest absolute Gasteiger partial charge is 0.325 e. The number of benzene rings is 2. The number of hydrogen-bond donors (Lipinski definition) is 1. The van der Waals surface area contributed by atoms with E-state index in [-0.39, 0.29) is 17.6 Å². The number of para-hydroxylation sites is 1. The Bertz CT molecular complexity index is 982. The second-order valence-electron chi connectivity index (χ2n) is 6.42. The minimum atomic E-state index is -0.446. The lowest BCUT2D eigenvalue weighted by atomic mass is 10.1. The number of amides is 2. The third-order valence-electron chi connectivity index (χ3n) is 4.33. The Labute approximate surface area is 161 Å². The summed E-state index contributed by atoms with van der Waals surface area (Å²) in [6.45, 7) is 3.76. The van der Waals surface area contributed by atoms with E-state index in [0.29, 0.717) is 11.0 Å². The molecule has 2 aliphatic heterocycles. The molecule has 0 bridgehead atoms. The number of anilines is 1. The molecule has 2 aliphatic rings. The molecule has 2 aromatic rings. The third-order valence-corrected chi connectivity index (χ3v) is 5.26. The Morgan fingerprint density at radius 2 is 1.93 bits per heavy atom. The summed E-state index contributed by atoms with van der Waals surface area (Å²) < 4.78 is 0. The van der Waals surface area contributed by atoms with E-state index in [1.807, 2.05) is 55.5 Å². The first-order chi connectivity index (χ1) is 13.0. The zero-order valence-electron chi connectivity index (χ0n) is 15.0. The summed E-state index contributed by atoms with van der Waals surface area (Å²) in [5, 5.41) is 3.35. The highest BCUT2D eigenvalue weighted by molar-refractivity contribution is 8.14. The highest BCUT2D eigenvalue weighted by Gasteiger charge is 2.39. The average molecular weight is 378 g/mol. The number of carbonyl (C=O) groups is 2. The molecule has 2 amide bonds. The Morgan fingerprint density at radius 3 is 2.70 bits per heavy atom. The van der Waals surface area contributed by atoms with Crippen molar-refractivity contribution in [3.05, 3.63) is 59.7 Å². The Kier molecular flexibility index (Phi) is 4.53. The number of hydrogen-bond acceptors (Lipinski definition) is 5. The molecule has 0 saturated carbocycles. The van der Waals surface area contributed by atoms with E-state index in [4.69, 9.17) is 0 Å². The number of thioether (sulfide) groups is 1. The van der Waals surface area contributed by atoms with E-state index in [0.717, 1.165) is 22.5 Å². The number of rotatable bonds is 3. The molecular weight excluding hydrogens is 360 g/mol. The second-order valence-corrected chi connectivity index (χ2v) is 7.36. The van der Waals surface area contributed by atoms with E-state index in [2.05, 4.69) is 15.3 Å². The topological polar surface area (TPSA) is 74.1 Å². The number of fused-ring (bicyclic) bond motifs is 3. The standard InChI is InChI=1S/C20H18N4O2S/c1-12-7-9-14(10-8-12)22-17(25)11-27-20-23-16-6-4-3-5-15(16)18-21-13(2)19(26)24(18)20/h3-10,13H,11H2,1-2H3,(H,22,25)/t13-/m0/s1. The maximum absolute atomic E-state index is 12.5. The Hall–Kier alpha value is -2.93. The van der Waals surface area contributed by atoms with Gasteiger partial charge in [0.05, 0.1) is 11.4 Å². The van der Waals surface area contributed by atoms with Crippen molar-refractivity contribution in [2.45, 2.75) is 19.9 Å². The van der Waals surface area contributed by atoms with Crippen molar-refractivity contribution >= 4 is 46.0 Å². The fraction of sp³-hybridized carbons (Fsp3) is 0.200. The van der Waals surface area contributed by atoms with Crippen molar-refractivity contribution in [2.75, 3.05) is 11.1 Å². The van der Waals surface area contributed by atoms with Crippen LogP contribution in [0.15, 0.2) is 58.5 Å². The lowest BCUT2D eigenvalue weighted by Gasteiger charge is -2.25. The maximum atomic E-state index is 12.5. The molecule has 0 saturated heterocycles. The van der Waals surface area contributed by atoms with Gasteiger partial charge in [-0.3, -0.25) is 14.6 Å². The lowest BCUT2D eigenvalue weighted by Crippen LogP contribution is -2.41.